The van der Waals surface area contributed by atoms with E-state index in [9.17, 15) is 9.18 Å². The van der Waals surface area contributed by atoms with Crippen molar-refractivity contribution in [1.29, 1.82) is 0 Å². The molecule has 120 valence electrons. The predicted octanol–water partition coefficient (Wildman–Crippen LogP) is 4.99. The molecule has 0 aliphatic heterocycles. The summed E-state index contributed by atoms with van der Waals surface area (Å²) in [5, 5.41) is 3.98. The third-order valence-electron chi connectivity index (χ3n) is 3.45. The zero-order chi connectivity index (χ0) is 17.1. The number of amides is 1. The highest BCUT2D eigenvalue weighted by Crippen LogP contribution is 2.24. The lowest BCUT2D eigenvalue weighted by molar-refractivity contribution is -0.111. The van der Waals surface area contributed by atoms with Gasteiger partial charge in [0.25, 0.3) is 0 Å². The predicted molar refractivity (Wildman–Crippen MR) is 95.6 cm³/mol. The molecular weight excluding hydrogens is 327 g/mol. The summed E-state index contributed by atoms with van der Waals surface area (Å²) >= 11 is 5.82. The van der Waals surface area contributed by atoms with Crippen molar-refractivity contribution in [3.05, 3.63) is 76.7 Å². The quantitative estimate of drug-likeness (QED) is 0.683. The number of pyridine rings is 1. The second-order valence-electron chi connectivity index (χ2n) is 5.35. The van der Waals surface area contributed by atoms with E-state index in [1.54, 1.807) is 30.3 Å². The van der Waals surface area contributed by atoms with Gasteiger partial charge < -0.3 is 5.32 Å². The summed E-state index contributed by atoms with van der Waals surface area (Å²) in [5.41, 5.74) is 2.76. The smallest absolute Gasteiger partial charge is 0.248 e. The maximum Gasteiger partial charge on any atom is 0.248 e. The van der Waals surface area contributed by atoms with E-state index in [-0.39, 0.29) is 11.7 Å². The lowest BCUT2D eigenvalue weighted by Crippen LogP contribution is -2.09. The van der Waals surface area contributed by atoms with Crippen LogP contribution in [0.4, 0.5) is 10.1 Å². The van der Waals surface area contributed by atoms with Crippen molar-refractivity contribution in [3.63, 3.8) is 0 Å². The zero-order valence-electron chi connectivity index (χ0n) is 12.9. The molecule has 1 amide bonds. The Morgan fingerprint density at radius 2 is 1.92 bits per heavy atom. The molecule has 2 aromatic carbocycles. The van der Waals surface area contributed by atoms with Crippen LogP contribution in [0.3, 0.4) is 0 Å². The Morgan fingerprint density at radius 3 is 2.67 bits per heavy atom. The molecule has 0 aliphatic carbocycles. The minimum absolute atomic E-state index is 0.305. The summed E-state index contributed by atoms with van der Waals surface area (Å²) in [7, 11) is 0. The Balaban J connectivity index is 1.85. The van der Waals surface area contributed by atoms with Crippen molar-refractivity contribution < 1.29 is 9.18 Å². The van der Waals surface area contributed by atoms with Crippen LogP contribution in [0.15, 0.2) is 54.6 Å². The van der Waals surface area contributed by atoms with Crippen LogP contribution >= 0.6 is 11.6 Å². The van der Waals surface area contributed by atoms with E-state index >= 15 is 0 Å². The zero-order valence-corrected chi connectivity index (χ0v) is 13.6. The van der Waals surface area contributed by atoms with Crippen LogP contribution in [0.25, 0.3) is 17.0 Å². The summed E-state index contributed by atoms with van der Waals surface area (Å²) in [6, 6.07) is 13.2. The topological polar surface area (TPSA) is 42.0 Å². The van der Waals surface area contributed by atoms with Crippen molar-refractivity contribution >= 4 is 40.2 Å². The molecule has 0 unspecified atom stereocenters. The molecule has 0 fully saturated rings. The summed E-state index contributed by atoms with van der Waals surface area (Å²) in [5.74, 6) is -0.679. The molecule has 1 heterocycles. The average Bonchev–Trinajstić information content (AvgIpc) is 2.55. The lowest BCUT2D eigenvalue weighted by Gasteiger charge is -2.08. The molecule has 0 atom stereocenters. The number of nitrogens with one attached hydrogen (secondary N) is 1. The van der Waals surface area contributed by atoms with E-state index in [0.29, 0.717) is 21.6 Å². The summed E-state index contributed by atoms with van der Waals surface area (Å²) in [4.78, 5) is 16.5. The van der Waals surface area contributed by atoms with Crippen molar-refractivity contribution in [3.8, 4) is 0 Å². The van der Waals surface area contributed by atoms with Crippen LogP contribution in [0.1, 0.15) is 11.3 Å². The maximum atomic E-state index is 13.5. The average molecular weight is 341 g/mol. The van der Waals surface area contributed by atoms with Crippen LogP contribution < -0.4 is 5.32 Å². The van der Waals surface area contributed by atoms with Gasteiger partial charge in [-0.15, -0.1) is 0 Å². The van der Waals surface area contributed by atoms with E-state index < -0.39 is 0 Å². The number of nitrogens with zero attached hydrogens (tertiary/aromatic N) is 1. The fraction of sp³-hybridized carbons (Fsp3) is 0.0526. The first-order valence-electron chi connectivity index (χ1n) is 7.33. The van der Waals surface area contributed by atoms with Crippen LogP contribution in [-0.2, 0) is 4.79 Å². The fourth-order valence-electron chi connectivity index (χ4n) is 2.35. The number of benzene rings is 2. The number of carbonyl (C=O) groups excluding carboxylic acids is 1. The Kier molecular flexibility index (Phi) is 4.58. The molecular formula is C19H14ClFN2O. The van der Waals surface area contributed by atoms with Crippen LogP contribution in [0.2, 0.25) is 5.02 Å². The summed E-state index contributed by atoms with van der Waals surface area (Å²) in [6.45, 7) is 1.82. The highest BCUT2D eigenvalue weighted by atomic mass is 35.5. The third kappa shape index (κ3) is 3.78. The van der Waals surface area contributed by atoms with Gasteiger partial charge in [-0.1, -0.05) is 23.7 Å². The number of rotatable bonds is 3. The van der Waals surface area contributed by atoms with Gasteiger partial charge in [-0.3, -0.25) is 9.78 Å². The van der Waals surface area contributed by atoms with E-state index in [0.717, 1.165) is 11.3 Å². The van der Waals surface area contributed by atoms with Gasteiger partial charge in [-0.2, -0.15) is 0 Å². The molecule has 0 aliphatic rings. The molecule has 1 aromatic heterocycles. The number of fused-ring (bicyclic) bond motifs is 1. The Labute approximate surface area is 143 Å². The minimum atomic E-state index is -0.375. The number of hydrogen-bond donors (Lipinski definition) is 1. The molecule has 24 heavy (non-hydrogen) atoms. The van der Waals surface area contributed by atoms with Crippen molar-refractivity contribution in [1.82, 2.24) is 4.98 Å². The van der Waals surface area contributed by atoms with Crippen LogP contribution in [0.5, 0.6) is 0 Å². The van der Waals surface area contributed by atoms with E-state index in [2.05, 4.69) is 10.3 Å². The SMILES string of the molecule is Cc1cc(NC(=O)/C=C/c2ccc(Cl)cc2)c2cc(F)ccc2n1. The number of carbonyl (C=O) groups is 1. The molecule has 0 saturated carbocycles. The van der Waals surface area contributed by atoms with Gasteiger partial charge in [-0.05, 0) is 55.0 Å². The second kappa shape index (κ2) is 6.81. The van der Waals surface area contributed by atoms with Gasteiger partial charge in [0.1, 0.15) is 5.82 Å². The minimum Gasteiger partial charge on any atom is -0.322 e. The van der Waals surface area contributed by atoms with Crippen LogP contribution in [-0.4, -0.2) is 10.9 Å². The van der Waals surface area contributed by atoms with Gasteiger partial charge in [0, 0.05) is 22.2 Å². The maximum absolute atomic E-state index is 13.5. The monoisotopic (exact) mass is 340 g/mol. The third-order valence-corrected chi connectivity index (χ3v) is 3.71. The van der Waals surface area contributed by atoms with Gasteiger partial charge in [0.2, 0.25) is 5.91 Å². The van der Waals surface area contributed by atoms with Crippen molar-refractivity contribution in [2.75, 3.05) is 5.32 Å². The molecule has 1 N–H and O–H groups in total. The molecule has 3 nitrogen and oxygen atoms in total. The normalized spacial score (nSPS) is 11.1. The fourth-order valence-corrected chi connectivity index (χ4v) is 2.48. The van der Waals surface area contributed by atoms with Crippen LogP contribution in [0, 0.1) is 12.7 Å². The molecule has 0 bridgehead atoms. The van der Waals surface area contributed by atoms with Gasteiger partial charge in [-0.25, -0.2) is 4.39 Å². The van der Waals surface area contributed by atoms with Gasteiger partial charge >= 0.3 is 0 Å². The summed E-state index contributed by atoms with van der Waals surface area (Å²) in [6.07, 6.45) is 3.10. The van der Waals surface area contributed by atoms with Gasteiger partial charge in [0.15, 0.2) is 0 Å². The first-order chi connectivity index (χ1) is 11.5. The number of halogens is 2. The Bertz CT molecular complexity index is 936. The number of aryl methyl sites for hydroxylation is 1. The highest BCUT2D eigenvalue weighted by Gasteiger charge is 2.07. The molecule has 3 aromatic rings. The van der Waals surface area contributed by atoms with Crippen molar-refractivity contribution in [2.24, 2.45) is 0 Å². The lowest BCUT2D eigenvalue weighted by atomic mass is 10.1. The molecule has 3 rings (SSSR count). The Hall–Kier alpha value is -2.72. The van der Waals surface area contributed by atoms with Gasteiger partial charge in [0.05, 0.1) is 11.2 Å². The van der Waals surface area contributed by atoms with E-state index in [4.69, 9.17) is 11.6 Å². The molecule has 5 heteroatoms. The number of aromatic nitrogens is 1. The highest BCUT2D eigenvalue weighted by molar-refractivity contribution is 6.30. The second-order valence-corrected chi connectivity index (χ2v) is 5.78. The van der Waals surface area contributed by atoms with Crippen molar-refractivity contribution in [2.45, 2.75) is 6.92 Å². The molecule has 0 saturated heterocycles. The largest absolute Gasteiger partial charge is 0.322 e. The molecule has 0 radical (unpaired) electrons. The standard InChI is InChI=1S/C19H14ClFN2O/c1-12-10-18(16-11-15(21)7-8-17(16)22-12)23-19(24)9-4-13-2-5-14(20)6-3-13/h2-11H,1H3,(H,22,23,24)/b9-4+. The molecule has 0 spiro atoms. The summed E-state index contributed by atoms with van der Waals surface area (Å²) < 4.78 is 13.5. The number of anilines is 1. The van der Waals surface area contributed by atoms with E-state index in [1.807, 2.05) is 19.1 Å². The van der Waals surface area contributed by atoms with E-state index in [1.165, 1.54) is 18.2 Å². The Morgan fingerprint density at radius 1 is 1.17 bits per heavy atom. The first-order valence-corrected chi connectivity index (χ1v) is 7.70. The number of hydrogen-bond acceptors (Lipinski definition) is 2. The first kappa shape index (κ1) is 16.1.